The van der Waals surface area contributed by atoms with E-state index in [9.17, 15) is 14.4 Å². The van der Waals surface area contributed by atoms with Gasteiger partial charge < -0.3 is 19.8 Å². The maximum Gasteiger partial charge on any atom is 0.325 e. The van der Waals surface area contributed by atoms with E-state index in [4.69, 9.17) is 9.47 Å². The third-order valence-corrected chi connectivity index (χ3v) is 6.57. The number of ketones is 1. The van der Waals surface area contributed by atoms with E-state index in [1.807, 2.05) is 54.6 Å². The van der Waals surface area contributed by atoms with Crippen molar-refractivity contribution >= 4 is 28.6 Å². The van der Waals surface area contributed by atoms with E-state index in [0.717, 1.165) is 21.4 Å². The molecule has 1 atom stereocenters. The molecule has 174 valence electrons. The molecule has 0 aliphatic carbocycles. The number of hydrogen-bond donors (Lipinski definition) is 2. The smallest absolute Gasteiger partial charge is 0.325 e. The lowest BCUT2D eigenvalue weighted by atomic mass is 9.91. The lowest BCUT2D eigenvalue weighted by Gasteiger charge is -2.22. The molecule has 1 fully saturated rings. The van der Waals surface area contributed by atoms with Crippen LogP contribution in [0.4, 0.5) is 4.79 Å². The van der Waals surface area contributed by atoms with Crippen LogP contribution in [-0.2, 0) is 10.3 Å². The molecule has 0 radical (unpaired) electrons. The summed E-state index contributed by atoms with van der Waals surface area (Å²) in [6.45, 7) is 1.34. The van der Waals surface area contributed by atoms with E-state index in [2.05, 4.69) is 10.3 Å². The topological polar surface area (TPSA) is 101 Å². The monoisotopic (exact) mass is 467 g/mol. The number of nitrogens with zero attached hydrogens (tertiary/aromatic N) is 1. The first-order valence-electron chi connectivity index (χ1n) is 11.2. The molecule has 8 nitrogen and oxygen atoms in total. The number of imide groups is 1. The number of carbonyl (C=O) groups excluding carboxylic acids is 3. The predicted molar refractivity (Wildman–Crippen MR) is 128 cm³/mol. The lowest BCUT2D eigenvalue weighted by molar-refractivity contribution is -0.130. The molecule has 2 aliphatic rings. The fourth-order valence-corrected chi connectivity index (χ4v) is 4.72. The minimum Gasteiger partial charge on any atom is -0.454 e. The Bertz CT molecular complexity index is 1510. The average Bonchev–Trinajstić information content (AvgIpc) is 3.56. The second-order valence-electron chi connectivity index (χ2n) is 8.72. The molecule has 3 amide bonds. The highest BCUT2D eigenvalue weighted by molar-refractivity contribution is 6.17. The van der Waals surface area contributed by atoms with E-state index >= 15 is 0 Å². The molecule has 6 rings (SSSR count). The molecule has 4 aromatic rings. The van der Waals surface area contributed by atoms with Gasteiger partial charge in [-0.2, -0.15) is 0 Å². The van der Waals surface area contributed by atoms with Crippen molar-refractivity contribution < 1.29 is 23.9 Å². The summed E-state index contributed by atoms with van der Waals surface area (Å²) in [4.78, 5) is 44.3. The molecule has 3 aromatic carbocycles. The minimum atomic E-state index is -1.33. The van der Waals surface area contributed by atoms with Gasteiger partial charge in [-0.3, -0.25) is 14.5 Å². The Hall–Kier alpha value is -4.59. The molecular formula is C27H21N3O5. The predicted octanol–water partition coefficient (Wildman–Crippen LogP) is 4.21. The Labute approximate surface area is 200 Å². The zero-order valence-electron chi connectivity index (χ0n) is 18.8. The van der Waals surface area contributed by atoms with Crippen molar-refractivity contribution in [2.75, 3.05) is 13.3 Å². The number of rotatable bonds is 5. The molecule has 0 unspecified atom stereocenters. The lowest BCUT2D eigenvalue weighted by Crippen LogP contribution is -2.41. The maximum absolute atomic E-state index is 13.6. The van der Waals surface area contributed by atoms with Crippen molar-refractivity contribution in [2.45, 2.75) is 12.5 Å². The van der Waals surface area contributed by atoms with Gasteiger partial charge in [-0.15, -0.1) is 0 Å². The number of fused-ring (bicyclic) bond motifs is 2. The Morgan fingerprint density at radius 2 is 1.71 bits per heavy atom. The van der Waals surface area contributed by atoms with E-state index in [1.165, 1.54) is 0 Å². The number of ether oxygens (including phenoxy) is 2. The first kappa shape index (κ1) is 21.0. The third-order valence-electron chi connectivity index (χ3n) is 6.57. The van der Waals surface area contributed by atoms with Crippen molar-refractivity contribution in [1.82, 2.24) is 15.2 Å². The van der Waals surface area contributed by atoms with E-state index in [0.29, 0.717) is 28.3 Å². The summed E-state index contributed by atoms with van der Waals surface area (Å²) < 4.78 is 10.8. The molecule has 3 heterocycles. The van der Waals surface area contributed by atoms with Gasteiger partial charge in [-0.1, -0.05) is 54.6 Å². The third kappa shape index (κ3) is 3.25. The minimum absolute atomic E-state index is 0.102. The number of H-pyrrole nitrogens is 1. The number of carbonyl (C=O) groups is 3. The van der Waals surface area contributed by atoms with E-state index in [-0.39, 0.29) is 19.1 Å². The van der Waals surface area contributed by atoms with Gasteiger partial charge in [-0.05, 0) is 36.2 Å². The van der Waals surface area contributed by atoms with Gasteiger partial charge in [0.15, 0.2) is 17.3 Å². The molecule has 1 aromatic heterocycles. The van der Waals surface area contributed by atoms with Crippen LogP contribution < -0.4 is 14.8 Å². The molecule has 2 aliphatic heterocycles. The largest absolute Gasteiger partial charge is 0.454 e. The number of aromatic amines is 1. The number of para-hydroxylation sites is 1. The summed E-state index contributed by atoms with van der Waals surface area (Å²) in [7, 11) is 0. The number of benzene rings is 3. The molecule has 2 N–H and O–H groups in total. The van der Waals surface area contributed by atoms with Crippen LogP contribution >= 0.6 is 0 Å². The van der Waals surface area contributed by atoms with Crippen LogP contribution in [0.15, 0.2) is 72.8 Å². The first-order valence-corrected chi connectivity index (χ1v) is 11.2. The SMILES string of the molecule is C[C@@]1(c2ccc3c(c2)OCO3)NC(=O)N(CC(=O)c2c(-c3ccccc3)[nH]c3ccccc23)C1=O. The highest BCUT2D eigenvalue weighted by Gasteiger charge is 2.50. The quantitative estimate of drug-likeness (QED) is 0.338. The summed E-state index contributed by atoms with van der Waals surface area (Å²) >= 11 is 0. The average molecular weight is 467 g/mol. The summed E-state index contributed by atoms with van der Waals surface area (Å²) in [5.41, 5.74) is 1.96. The normalized spacial score (nSPS) is 18.8. The Balaban J connectivity index is 1.35. The van der Waals surface area contributed by atoms with Crippen LogP contribution in [0.25, 0.3) is 22.2 Å². The molecule has 8 heteroatoms. The Morgan fingerprint density at radius 1 is 0.971 bits per heavy atom. The van der Waals surface area contributed by atoms with E-state index < -0.39 is 17.5 Å². The standard InChI is InChI=1S/C27H21N3O5/c1-27(17-11-12-21-22(13-17)35-15-34-21)25(32)30(26(33)29-27)14-20(31)23-18-9-5-6-10-19(18)28-24(23)16-7-3-2-4-8-16/h2-13,28H,14-15H2,1H3,(H,29,33)/t27-/m0/s1. The summed E-state index contributed by atoms with van der Waals surface area (Å²) in [6, 6.07) is 21.5. The number of hydrogen-bond acceptors (Lipinski definition) is 5. The van der Waals surface area contributed by atoms with Crippen LogP contribution in [0.5, 0.6) is 11.5 Å². The fourth-order valence-electron chi connectivity index (χ4n) is 4.72. The number of Topliss-reactive ketones (excluding diaryl/α,β-unsaturated/α-hetero) is 1. The number of amides is 3. The van der Waals surface area contributed by atoms with Gasteiger partial charge in [0.05, 0.1) is 17.8 Å². The molecule has 1 saturated heterocycles. The second kappa shape index (κ2) is 7.73. The van der Waals surface area contributed by atoms with Crippen molar-refractivity contribution in [2.24, 2.45) is 0 Å². The van der Waals surface area contributed by atoms with Gasteiger partial charge in [0, 0.05) is 10.9 Å². The van der Waals surface area contributed by atoms with Crippen molar-refractivity contribution in [3.8, 4) is 22.8 Å². The van der Waals surface area contributed by atoms with Crippen LogP contribution in [0.3, 0.4) is 0 Å². The van der Waals surface area contributed by atoms with Crippen LogP contribution in [0, 0.1) is 0 Å². The van der Waals surface area contributed by atoms with Crippen molar-refractivity contribution in [3.05, 3.63) is 83.9 Å². The summed E-state index contributed by atoms with van der Waals surface area (Å²) in [6.07, 6.45) is 0. The van der Waals surface area contributed by atoms with Gasteiger partial charge in [0.25, 0.3) is 5.91 Å². The second-order valence-corrected chi connectivity index (χ2v) is 8.72. The number of aromatic nitrogens is 1. The van der Waals surface area contributed by atoms with Crippen LogP contribution in [-0.4, -0.2) is 40.9 Å². The van der Waals surface area contributed by atoms with Gasteiger partial charge in [-0.25, -0.2) is 4.79 Å². The molecular weight excluding hydrogens is 446 g/mol. The van der Waals surface area contributed by atoms with E-state index in [1.54, 1.807) is 25.1 Å². The van der Waals surface area contributed by atoms with Crippen LogP contribution in [0.1, 0.15) is 22.8 Å². The highest BCUT2D eigenvalue weighted by atomic mass is 16.7. The first-order chi connectivity index (χ1) is 17.0. The Morgan fingerprint density at radius 3 is 2.54 bits per heavy atom. The zero-order valence-corrected chi connectivity index (χ0v) is 18.8. The number of nitrogens with one attached hydrogen (secondary N) is 2. The van der Waals surface area contributed by atoms with Crippen molar-refractivity contribution in [3.63, 3.8) is 0 Å². The van der Waals surface area contributed by atoms with Crippen molar-refractivity contribution in [1.29, 1.82) is 0 Å². The molecule has 0 saturated carbocycles. The highest BCUT2D eigenvalue weighted by Crippen LogP contribution is 2.38. The molecule has 0 spiro atoms. The zero-order chi connectivity index (χ0) is 24.2. The molecule has 35 heavy (non-hydrogen) atoms. The van der Waals surface area contributed by atoms with Crippen LogP contribution in [0.2, 0.25) is 0 Å². The van der Waals surface area contributed by atoms with Gasteiger partial charge in [0.1, 0.15) is 5.54 Å². The summed E-state index contributed by atoms with van der Waals surface area (Å²) in [5, 5.41) is 3.49. The Kier molecular flexibility index (Phi) is 4.63. The summed E-state index contributed by atoms with van der Waals surface area (Å²) in [5.74, 6) is 0.246. The number of urea groups is 1. The fraction of sp³-hybridized carbons (Fsp3) is 0.148. The molecule has 0 bridgehead atoms. The van der Waals surface area contributed by atoms with Gasteiger partial charge >= 0.3 is 6.03 Å². The van der Waals surface area contributed by atoms with Gasteiger partial charge in [0.2, 0.25) is 6.79 Å². The maximum atomic E-state index is 13.6.